The highest BCUT2D eigenvalue weighted by molar-refractivity contribution is 5.85. The lowest BCUT2D eigenvalue weighted by atomic mass is 10.2. The topological polar surface area (TPSA) is 57.5 Å². The van der Waals surface area contributed by atoms with Crippen LogP contribution in [0.25, 0.3) is 6.08 Å². The molecule has 1 aromatic carbocycles. The smallest absolute Gasteiger partial charge is 0.328 e. The summed E-state index contributed by atoms with van der Waals surface area (Å²) in [6.45, 7) is 1.11. The Balaban J connectivity index is 0.000000360. The van der Waals surface area contributed by atoms with Crippen molar-refractivity contribution in [1.29, 1.82) is 0 Å². The second-order valence-corrected chi connectivity index (χ2v) is 4.82. The normalized spacial score (nSPS) is 10.9. The lowest BCUT2D eigenvalue weighted by Gasteiger charge is -2.21. The second kappa shape index (κ2) is 8.44. The molecule has 0 saturated carbocycles. The van der Waals surface area contributed by atoms with Crippen LogP contribution in [0.2, 0.25) is 0 Å². The molecule has 2 N–H and O–H groups in total. The molecule has 0 fully saturated rings. The summed E-state index contributed by atoms with van der Waals surface area (Å²) in [5.74, 6) is -0.922. The van der Waals surface area contributed by atoms with Crippen molar-refractivity contribution in [3.8, 4) is 0 Å². The summed E-state index contributed by atoms with van der Waals surface area (Å²) in [4.78, 5) is 10.1. The second-order valence-electron chi connectivity index (χ2n) is 4.82. The lowest BCUT2D eigenvalue weighted by molar-refractivity contribution is -0.870. The van der Waals surface area contributed by atoms with Gasteiger partial charge in [0.2, 0.25) is 0 Å². The van der Waals surface area contributed by atoms with Crippen molar-refractivity contribution in [3.05, 3.63) is 42.0 Å². The van der Waals surface area contributed by atoms with Crippen molar-refractivity contribution >= 4 is 12.0 Å². The minimum absolute atomic E-state index is 0.281. The fourth-order valence-electron chi connectivity index (χ4n) is 1.03. The number of rotatable bonds is 4. The van der Waals surface area contributed by atoms with Gasteiger partial charge in [0.15, 0.2) is 0 Å². The Morgan fingerprint density at radius 3 is 2.11 bits per heavy atom. The molecule has 0 spiro atoms. The van der Waals surface area contributed by atoms with E-state index in [9.17, 15) is 4.79 Å². The van der Waals surface area contributed by atoms with Crippen LogP contribution in [0.4, 0.5) is 0 Å². The monoisotopic (exact) mass is 252 g/mol. The van der Waals surface area contributed by atoms with Crippen molar-refractivity contribution < 1.29 is 19.5 Å². The van der Waals surface area contributed by atoms with Gasteiger partial charge in [0, 0.05) is 6.08 Å². The van der Waals surface area contributed by atoms with E-state index in [1.807, 2.05) is 30.3 Å². The third-order valence-electron chi connectivity index (χ3n) is 1.99. The summed E-state index contributed by atoms with van der Waals surface area (Å²) in [6.07, 6.45) is 2.68. The van der Waals surface area contributed by atoms with Gasteiger partial charge in [-0.2, -0.15) is 0 Å². The maximum atomic E-state index is 10.1. The van der Waals surface area contributed by atoms with E-state index in [0.717, 1.165) is 22.7 Å². The summed E-state index contributed by atoms with van der Waals surface area (Å²) >= 11 is 0. The summed E-state index contributed by atoms with van der Waals surface area (Å²) in [7, 11) is 6.16. The minimum Gasteiger partial charge on any atom is -0.478 e. The van der Waals surface area contributed by atoms with E-state index < -0.39 is 5.97 Å². The van der Waals surface area contributed by atoms with Gasteiger partial charge in [-0.1, -0.05) is 30.3 Å². The zero-order chi connectivity index (χ0) is 14.0. The Labute approximate surface area is 108 Å². The molecule has 0 saturated heterocycles. The quantitative estimate of drug-likeness (QED) is 0.630. The number of benzene rings is 1. The molecule has 0 aromatic heterocycles. The third-order valence-corrected chi connectivity index (χ3v) is 1.99. The van der Waals surface area contributed by atoms with Crippen LogP contribution in [0, 0.1) is 0 Å². The molecule has 0 radical (unpaired) electrons. The Kier molecular flexibility index (Phi) is 7.67. The van der Waals surface area contributed by atoms with Crippen molar-refractivity contribution in [2.45, 2.75) is 0 Å². The Morgan fingerprint density at radius 2 is 1.78 bits per heavy atom. The van der Waals surface area contributed by atoms with Gasteiger partial charge in [-0.15, -0.1) is 0 Å². The first-order chi connectivity index (χ1) is 8.35. The SMILES string of the molecule is C[N+](C)(C)CCO.O=C(O)C=Cc1ccccc1. The molecule has 1 rings (SSSR count). The summed E-state index contributed by atoms with van der Waals surface area (Å²) < 4.78 is 0.844. The number of aliphatic hydroxyl groups is 1. The van der Waals surface area contributed by atoms with Crippen LogP contribution in [0.3, 0.4) is 0 Å². The highest BCUT2D eigenvalue weighted by Gasteiger charge is 2.02. The zero-order valence-electron chi connectivity index (χ0n) is 11.2. The molecule has 18 heavy (non-hydrogen) atoms. The molecule has 0 bridgehead atoms. The van der Waals surface area contributed by atoms with Gasteiger partial charge in [-0.05, 0) is 11.6 Å². The number of aliphatic hydroxyl groups excluding tert-OH is 1. The van der Waals surface area contributed by atoms with Crippen molar-refractivity contribution in [2.75, 3.05) is 34.3 Å². The average Bonchev–Trinajstić information content (AvgIpc) is 2.27. The number of quaternary nitrogens is 1. The molecule has 1 aromatic rings. The summed E-state index contributed by atoms with van der Waals surface area (Å²) in [5.41, 5.74) is 0.898. The van der Waals surface area contributed by atoms with Crippen LogP contribution < -0.4 is 0 Å². The molecule has 0 unspecified atom stereocenters. The van der Waals surface area contributed by atoms with Gasteiger partial charge in [0.05, 0.1) is 27.7 Å². The van der Waals surface area contributed by atoms with Crippen LogP contribution >= 0.6 is 0 Å². The fraction of sp³-hybridized carbons (Fsp3) is 0.357. The van der Waals surface area contributed by atoms with Crippen LogP contribution in [-0.4, -0.2) is 55.0 Å². The van der Waals surface area contributed by atoms with E-state index in [0.29, 0.717) is 0 Å². The number of hydrogen-bond acceptors (Lipinski definition) is 2. The molecule has 0 heterocycles. The van der Waals surface area contributed by atoms with Gasteiger partial charge in [0.1, 0.15) is 6.54 Å². The first-order valence-electron chi connectivity index (χ1n) is 5.72. The van der Waals surface area contributed by atoms with E-state index in [4.69, 9.17) is 10.2 Å². The van der Waals surface area contributed by atoms with Crippen LogP contribution in [0.5, 0.6) is 0 Å². The average molecular weight is 252 g/mol. The molecule has 0 aliphatic rings. The fourth-order valence-corrected chi connectivity index (χ4v) is 1.03. The predicted molar refractivity (Wildman–Crippen MR) is 73.1 cm³/mol. The number of hydrogen-bond donors (Lipinski definition) is 2. The highest BCUT2D eigenvalue weighted by Crippen LogP contribution is 1.99. The minimum atomic E-state index is -0.922. The number of carboxylic acids is 1. The maximum absolute atomic E-state index is 10.1. The Morgan fingerprint density at radius 1 is 1.22 bits per heavy atom. The number of likely N-dealkylation sites (N-methyl/N-ethyl adjacent to an activating group) is 1. The molecular weight excluding hydrogens is 230 g/mol. The van der Waals surface area contributed by atoms with Crippen molar-refractivity contribution in [3.63, 3.8) is 0 Å². The van der Waals surface area contributed by atoms with Crippen LogP contribution in [0.1, 0.15) is 5.56 Å². The number of aliphatic carboxylic acids is 1. The number of carboxylic acid groups (broad SMARTS) is 1. The molecule has 100 valence electrons. The maximum Gasteiger partial charge on any atom is 0.328 e. The molecule has 0 amide bonds. The van der Waals surface area contributed by atoms with E-state index in [1.165, 1.54) is 0 Å². The first-order valence-corrected chi connectivity index (χ1v) is 5.72. The molecule has 0 aliphatic carbocycles. The van der Waals surface area contributed by atoms with E-state index >= 15 is 0 Å². The van der Waals surface area contributed by atoms with Gasteiger partial charge >= 0.3 is 5.97 Å². The summed E-state index contributed by atoms with van der Waals surface area (Å²) in [6, 6.07) is 9.31. The number of carbonyl (C=O) groups is 1. The first kappa shape index (κ1) is 16.4. The molecule has 0 atom stereocenters. The van der Waals surface area contributed by atoms with Gasteiger partial charge in [-0.25, -0.2) is 4.79 Å². The molecule has 0 aliphatic heterocycles. The van der Waals surface area contributed by atoms with Crippen LogP contribution in [-0.2, 0) is 4.79 Å². The van der Waals surface area contributed by atoms with Crippen LogP contribution in [0.15, 0.2) is 36.4 Å². The largest absolute Gasteiger partial charge is 0.478 e. The lowest BCUT2D eigenvalue weighted by Crippen LogP contribution is -2.36. The van der Waals surface area contributed by atoms with E-state index in [2.05, 4.69) is 21.1 Å². The van der Waals surface area contributed by atoms with Gasteiger partial charge in [0.25, 0.3) is 0 Å². The third kappa shape index (κ3) is 10.9. The Bertz CT molecular complexity index is 366. The summed E-state index contributed by atoms with van der Waals surface area (Å²) in [5, 5.41) is 16.7. The molecule has 4 heteroatoms. The molecule has 4 nitrogen and oxygen atoms in total. The standard InChI is InChI=1S/C9H8O2.C5H14NO/c10-9(11)7-6-8-4-2-1-3-5-8;1-6(2,3)4-5-7/h1-7H,(H,10,11);7H,4-5H2,1-3H3/q;+1. The van der Waals surface area contributed by atoms with E-state index in [-0.39, 0.29) is 6.61 Å². The Hall–Kier alpha value is -1.65. The zero-order valence-corrected chi connectivity index (χ0v) is 11.2. The number of nitrogens with zero attached hydrogens (tertiary/aromatic N) is 1. The highest BCUT2D eigenvalue weighted by atomic mass is 16.4. The van der Waals surface area contributed by atoms with Crippen molar-refractivity contribution in [2.24, 2.45) is 0 Å². The predicted octanol–water partition coefficient (Wildman–Crippen LogP) is 1.47. The van der Waals surface area contributed by atoms with E-state index in [1.54, 1.807) is 6.08 Å². The van der Waals surface area contributed by atoms with Crippen molar-refractivity contribution in [1.82, 2.24) is 0 Å². The van der Waals surface area contributed by atoms with Gasteiger partial charge < -0.3 is 14.7 Å². The van der Waals surface area contributed by atoms with Gasteiger partial charge in [-0.3, -0.25) is 0 Å². The molecular formula is C14H22NO3+.